The minimum atomic E-state index is -0.203. The van der Waals surface area contributed by atoms with E-state index < -0.39 is 0 Å². The van der Waals surface area contributed by atoms with Crippen molar-refractivity contribution < 1.29 is 4.39 Å². The zero-order chi connectivity index (χ0) is 10.7. The van der Waals surface area contributed by atoms with E-state index in [1.54, 1.807) is 6.07 Å². The summed E-state index contributed by atoms with van der Waals surface area (Å²) >= 11 is 0. The molecule has 1 nitrogen and oxygen atoms in total. The van der Waals surface area contributed by atoms with E-state index in [9.17, 15) is 4.39 Å². The maximum Gasteiger partial charge on any atom is 0.128 e. The highest BCUT2D eigenvalue weighted by Gasteiger charge is 2.17. The van der Waals surface area contributed by atoms with Crippen LogP contribution in [0.4, 0.5) is 4.39 Å². The standard InChI is InChI=1S/C12H18FN/c1-4-9-6-5-7-10(13)11(9)12(14)8(2)3/h5-8,12H,4,14H2,1-3H3/t12-/m0/s1. The molecule has 0 aliphatic carbocycles. The Balaban J connectivity index is 3.16. The topological polar surface area (TPSA) is 26.0 Å². The lowest BCUT2D eigenvalue weighted by atomic mass is 9.91. The molecule has 78 valence electrons. The normalized spacial score (nSPS) is 13.3. The number of nitrogens with two attached hydrogens (primary N) is 1. The van der Waals surface area contributed by atoms with E-state index in [0.29, 0.717) is 5.56 Å². The van der Waals surface area contributed by atoms with E-state index in [4.69, 9.17) is 5.73 Å². The zero-order valence-corrected chi connectivity index (χ0v) is 9.05. The van der Waals surface area contributed by atoms with Crippen molar-refractivity contribution in [2.45, 2.75) is 33.2 Å². The lowest BCUT2D eigenvalue weighted by molar-refractivity contribution is 0.481. The third kappa shape index (κ3) is 2.13. The smallest absolute Gasteiger partial charge is 0.128 e. The number of hydrogen-bond donors (Lipinski definition) is 1. The molecule has 1 aromatic rings. The van der Waals surface area contributed by atoms with Gasteiger partial charge in [0.25, 0.3) is 0 Å². The third-order valence-corrected chi connectivity index (χ3v) is 2.58. The predicted octanol–water partition coefficient (Wildman–Crippen LogP) is 3.04. The van der Waals surface area contributed by atoms with Crippen LogP contribution in [0.1, 0.15) is 37.9 Å². The van der Waals surface area contributed by atoms with Gasteiger partial charge >= 0.3 is 0 Å². The van der Waals surface area contributed by atoms with Crippen molar-refractivity contribution in [2.75, 3.05) is 0 Å². The summed E-state index contributed by atoms with van der Waals surface area (Å²) in [5, 5.41) is 0. The molecule has 0 fully saturated rings. The van der Waals surface area contributed by atoms with Gasteiger partial charge in [-0.05, 0) is 24.0 Å². The van der Waals surface area contributed by atoms with Gasteiger partial charge in [0.05, 0.1) is 0 Å². The molecule has 0 heterocycles. The molecule has 0 spiro atoms. The minimum Gasteiger partial charge on any atom is -0.324 e. The molecule has 1 atom stereocenters. The van der Waals surface area contributed by atoms with Crippen LogP contribution in [0.2, 0.25) is 0 Å². The first-order chi connectivity index (χ1) is 6.57. The molecule has 0 aliphatic rings. The Labute approximate surface area is 85.1 Å². The highest BCUT2D eigenvalue weighted by atomic mass is 19.1. The van der Waals surface area contributed by atoms with Gasteiger partial charge in [-0.25, -0.2) is 4.39 Å². The van der Waals surface area contributed by atoms with Gasteiger partial charge in [-0.3, -0.25) is 0 Å². The lowest BCUT2D eigenvalue weighted by Crippen LogP contribution is -2.20. The Morgan fingerprint density at radius 1 is 1.36 bits per heavy atom. The van der Waals surface area contributed by atoms with E-state index in [2.05, 4.69) is 0 Å². The van der Waals surface area contributed by atoms with Crippen LogP contribution < -0.4 is 5.73 Å². The second-order valence-electron chi connectivity index (χ2n) is 3.94. The summed E-state index contributed by atoms with van der Waals surface area (Å²) in [5.41, 5.74) is 7.68. The summed E-state index contributed by atoms with van der Waals surface area (Å²) in [6.45, 7) is 6.04. The molecule has 14 heavy (non-hydrogen) atoms. The van der Waals surface area contributed by atoms with Crippen LogP contribution in [0.3, 0.4) is 0 Å². The highest BCUT2D eigenvalue weighted by Crippen LogP contribution is 2.25. The van der Waals surface area contributed by atoms with Crippen LogP contribution in [-0.4, -0.2) is 0 Å². The van der Waals surface area contributed by atoms with Gasteiger partial charge in [-0.15, -0.1) is 0 Å². The van der Waals surface area contributed by atoms with Gasteiger partial charge < -0.3 is 5.73 Å². The molecule has 0 saturated carbocycles. The molecule has 2 heteroatoms. The van der Waals surface area contributed by atoms with Crippen LogP contribution in [0.25, 0.3) is 0 Å². The Hall–Kier alpha value is -0.890. The van der Waals surface area contributed by atoms with Crippen molar-refractivity contribution in [3.8, 4) is 0 Å². The zero-order valence-electron chi connectivity index (χ0n) is 9.05. The van der Waals surface area contributed by atoms with Crippen LogP contribution >= 0.6 is 0 Å². The van der Waals surface area contributed by atoms with Crippen LogP contribution in [-0.2, 0) is 6.42 Å². The number of hydrogen-bond acceptors (Lipinski definition) is 1. The molecule has 1 aromatic carbocycles. The molecule has 0 unspecified atom stereocenters. The number of rotatable bonds is 3. The summed E-state index contributed by atoms with van der Waals surface area (Å²) < 4.78 is 13.6. The van der Waals surface area contributed by atoms with E-state index >= 15 is 0 Å². The molecule has 0 radical (unpaired) electrons. The van der Waals surface area contributed by atoms with Gasteiger partial charge in [-0.2, -0.15) is 0 Å². The van der Waals surface area contributed by atoms with Gasteiger partial charge in [0.2, 0.25) is 0 Å². The SMILES string of the molecule is CCc1cccc(F)c1[C@@H](N)C(C)C. The number of aryl methyl sites for hydroxylation is 1. The monoisotopic (exact) mass is 195 g/mol. The first kappa shape index (κ1) is 11.2. The largest absolute Gasteiger partial charge is 0.324 e. The number of benzene rings is 1. The maximum absolute atomic E-state index is 13.6. The molecule has 0 aliphatic heterocycles. The Bertz CT molecular complexity index is 307. The van der Waals surface area contributed by atoms with Crippen molar-refractivity contribution in [2.24, 2.45) is 11.7 Å². The minimum absolute atomic E-state index is 0.175. The molecular formula is C12H18FN. The second kappa shape index (κ2) is 4.56. The Morgan fingerprint density at radius 2 is 2.00 bits per heavy atom. The van der Waals surface area contributed by atoms with Crippen molar-refractivity contribution in [3.63, 3.8) is 0 Å². The summed E-state index contributed by atoms with van der Waals surface area (Å²) in [7, 11) is 0. The first-order valence-electron chi connectivity index (χ1n) is 5.10. The van der Waals surface area contributed by atoms with E-state index in [1.807, 2.05) is 26.8 Å². The summed E-state index contributed by atoms with van der Waals surface area (Å²) in [6, 6.07) is 4.97. The van der Waals surface area contributed by atoms with Gasteiger partial charge in [0.15, 0.2) is 0 Å². The summed E-state index contributed by atoms with van der Waals surface area (Å²) in [5.74, 6) is 0.0859. The van der Waals surface area contributed by atoms with E-state index in [1.165, 1.54) is 6.07 Å². The van der Waals surface area contributed by atoms with E-state index in [0.717, 1.165) is 12.0 Å². The maximum atomic E-state index is 13.6. The van der Waals surface area contributed by atoms with Crippen LogP contribution in [0.5, 0.6) is 0 Å². The molecular weight excluding hydrogens is 177 g/mol. The quantitative estimate of drug-likeness (QED) is 0.788. The summed E-state index contributed by atoms with van der Waals surface area (Å²) in [6.07, 6.45) is 0.827. The average molecular weight is 195 g/mol. The predicted molar refractivity (Wildman–Crippen MR) is 57.5 cm³/mol. The van der Waals surface area contributed by atoms with Crippen molar-refractivity contribution in [1.82, 2.24) is 0 Å². The molecule has 0 saturated heterocycles. The lowest BCUT2D eigenvalue weighted by Gasteiger charge is -2.19. The highest BCUT2D eigenvalue weighted by molar-refractivity contribution is 5.31. The molecule has 0 amide bonds. The average Bonchev–Trinajstić information content (AvgIpc) is 2.16. The fourth-order valence-electron chi connectivity index (χ4n) is 1.60. The molecule has 2 N–H and O–H groups in total. The number of halogens is 1. The fraction of sp³-hybridized carbons (Fsp3) is 0.500. The Morgan fingerprint density at radius 3 is 2.50 bits per heavy atom. The Kier molecular flexibility index (Phi) is 3.64. The van der Waals surface area contributed by atoms with E-state index in [-0.39, 0.29) is 17.8 Å². The molecule has 0 aromatic heterocycles. The third-order valence-electron chi connectivity index (χ3n) is 2.58. The van der Waals surface area contributed by atoms with Crippen LogP contribution in [0.15, 0.2) is 18.2 Å². The van der Waals surface area contributed by atoms with Gasteiger partial charge in [-0.1, -0.05) is 32.9 Å². The van der Waals surface area contributed by atoms with Crippen molar-refractivity contribution >= 4 is 0 Å². The molecule has 1 rings (SSSR count). The first-order valence-corrected chi connectivity index (χ1v) is 5.10. The van der Waals surface area contributed by atoms with Crippen molar-refractivity contribution in [1.29, 1.82) is 0 Å². The van der Waals surface area contributed by atoms with Crippen molar-refractivity contribution in [3.05, 3.63) is 35.1 Å². The van der Waals surface area contributed by atoms with Gasteiger partial charge in [0, 0.05) is 11.6 Å². The molecule has 0 bridgehead atoms. The fourth-order valence-corrected chi connectivity index (χ4v) is 1.60. The van der Waals surface area contributed by atoms with Gasteiger partial charge in [0.1, 0.15) is 5.82 Å². The van der Waals surface area contributed by atoms with Crippen LogP contribution in [0, 0.1) is 11.7 Å². The second-order valence-corrected chi connectivity index (χ2v) is 3.94. The summed E-state index contributed by atoms with van der Waals surface area (Å²) in [4.78, 5) is 0.